The standard InChI is InChI=1S/C14H21FN2O/c1-10(2)17-7-8-18-13(9-17)14(16)11-3-5-12(15)6-4-11/h3-6,10,13-14H,7-9,16H2,1-2H3. The van der Waals surface area contributed by atoms with Crippen molar-refractivity contribution in [1.29, 1.82) is 0 Å². The first-order chi connectivity index (χ1) is 8.58. The van der Waals surface area contributed by atoms with E-state index in [1.807, 2.05) is 0 Å². The van der Waals surface area contributed by atoms with Crippen molar-refractivity contribution in [3.63, 3.8) is 0 Å². The van der Waals surface area contributed by atoms with Crippen molar-refractivity contribution < 1.29 is 9.13 Å². The molecule has 2 unspecified atom stereocenters. The molecule has 1 aliphatic heterocycles. The molecule has 0 bridgehead atoms. The number of halogens is 1. The number of benzene rings is 1. The van der Waals surface area contributed by atoms with E-state index in [9.17, 15) is 4.39 Å². The van der Waals surface area contributed by atoms with Gasteiger partial charge in [-0.1, -0.05) is 12.1 Å². The average molecular weight is 252 g/mol. The Balaban J connectivity index is 2.04. The molecule has 0 aliphatic carbocycles. The monoisotopic (exact) mass is 252 g/mol. The minimum atomic E-state index is -0.237. The summed E-state index contributed by atoms with van der Waals surface area (Å²) in [5.41, 5.74) is 7.13. The van der Waals surface area contributed by atoms with Gasteiger partial charge in [0.15, 0.2) is 0 Å². The summed E-state index contributed by atoms with van der Waals surface area (Å²) in [6.45, 7) is 6.83. The molecule has 100 valence electrons. The molecule has 1 heterocycles. The van der Waals surface area contributed by atoms with Crippen molar-refractivity contribution in [3.8, 4) is 0 Å². The highest BCUT2D eigenvalue weighted by atomic mass is 19.1. The van der Waals surface area contributed by atoms with E-state index in [1.165, 1.54) is 12.1 Å². The first-order valence-electron chi connectivity index (χ1n) is 6.44. The fraction of sp³-hybridized carbons (Fsp3) is 0.571. The summed E-state index contributed by atoms with van der Waals surface area (Å²) in [5, 5.41) is 0. The first kappa shape index (κ1) is 13.5. The van der Waals surface area contributed by atoms with Gasteiger partial charge in [0.05, 0.1) is 18.8 Å². The van der Waals surface area contributed by atoms with Gasteiger partial charge in [0.1, 0.15) is 5.82 Å². The lowest BCUT2D eigenvalue weighted by Gasteiger charge is -2.38. The number of hydrogen-bond donors (Lipinski definition) is 1. The van der Waals surface area contributed by atoms with Crippen molar-refractivity contribution in [2.75, 3.05) is 19.7 Å². The minimum Gasteiger partial charge on any atom is -0.374 e. The van der Waals surface area contributed by atoms with Crippen LogP contribution in [0.3, 0.4) is 0 Å². The Kier molecular flexibility index (Phi) is 4.32. The molecule has 0 saturated carbocycles. The third-order valence-corrected chi connectivity index (χ3v) is 3.51. The minimum absolute atomic E-state index is 0.0217. The van der Waals surface area contributed by atoms with E-state index in [0.717, 1.165) is 18.7 Å². The highest BCUT2D eigenvalue weighted by Crippen LogP contribution is 2.21. The molecule has 1 aliphatic rings. The van der Waals surface area contributed by atoms with Crippen molar-refractivity contribution in [1.82, 2.24) is 4.90 Å². The van der Waals surface area contributed by atoms with E-state index >= 15 is 0 Å². The van der Waals surface area contributed by atoms with Crippen LogP contribution in [0.4, 0.5) is 4.39 Å². The highest BCUT2D eigenvalue weighted by Gasteiger charge is 2.27. The molecule has 3 nitrogen and oxygen atoms in total. The first-order valence-corrected chi connectivity index (χ1v) is 6.44. The lowest BCUT2D eigenvalue weighted by molar-refractivity contribution is -0.0502. The Bertz CT molecular complexity index is 380. The van der Waals surface area contributed by atoms with Crippen LogP contribution in [0, 0.1) is 5.82 Å². The van der Waals surface area contributed by atoms with Gasteiger partial charge in [-0.2, -0.15) is 0 Å². The molecule has 1 aromatic rings. The molecule has 0 spiro atoms. The summed E-state index contributed by atoms with van der Waals surface area (Å²) in [6, 6.07) is 6.65. The van der Waals surface area contributed by atoms with Crippen LogP contribution in [0.15, 0.2) is 24.3 Å². The van der Waals surface area contributed by atoms with Crippen molar-refractivity contribution in [3.05, 3.63) is 35.6 Å². The Morgan fingerprint density at radius 2 is 2.00 bits per heavy atom. The van der Waals surface area contributed by atoms with Crippen LogP contribution >= 0.6 is 0 Å². The topological polar surface area (TPSA) is 38.5 Å². The molecular formula is C14H21FN2O. The second-order valence-corrected chi connectivity index (χ2v) is 5.08. The Hall–Kier alpha value is -0.970. The molecule has 2 atom stereocenters. The van der Waals surface area contributed by atoms with Gasteiger partial charge in [-0.25, -0.2) is 4.39 Å². The second-order valence-electron chi connectivity index (χ2n) is 5.08. The fourth-order valence-corrected chi connectivity index (χ4v) is 2.28. The summed E-state index contributed by atoms with van der Waals surface area (Å²) < 4.78 is 18.6. The van der Waals surface area contributed by atoms with Crippen LogP contribution in [0.25, 0.3) is 0 Å². The van der Waals surface area contributed by atoms with Gasteiger partial charge in [0.25, 0.3) is 0 Å². The van der Waals surface area contributed by atoms with E-state index in [1.54, 1.807) is 12.1 Å². The van der Waals surface area contributed by atoms with Crippen LogP contribution in [0.5, 0.6) is 0 Å². The lowest BCUT2D eigenvalue weighted by atomic mass is 10.0. The van der Waals surface area contributed by atoms with Gasteiger partial charge in [0, 0.05) is 19.1 Å². The Morgan fingerprint density at radius 3 is 2.61 bits per heavy atom. The summed E-state index contributed by atoms with van der Waals surface area (Å²) >= 11 is 0. The molecule has 0 aromatic heterocycles. The number of nitrogens with two attached hydrogens (primary N) is 1. The van der Waals surface area contributed by atoms with E-state index in [-0.39, 0.29) is 18.0 Å². The molecule has 18 heavy (non-hydrogen) atoms. The summed E-state index contributed by atoms with van der Waals surface area (Å²) in [4.78, 5) is 2.36. The Morgan fingerprint density at radius 1 is 1.33 bits per heavy atom. The van der Waals surface area contributed by atoms with Gasteiger partial charge in [0.2, 0.25) is 0 Å². The number of morpholine rings is 1. The zero-order chi connectivity index (χ0) is 13.1. The SMILES string of the molecule is CC(C)N1CCOC(C(N)c2ccc(F)cc2)C1. The van der Waals surface area contributed by atoms with Crippen LogP contribution in [-0.2, 0) is 4.74 Å². The van der Waals surface area contributed by atoms with Gasteiger partial charge >= 0.3 is 0 Å². The number of hydrogen-bond acceptors (Lipinski definition) is 3. The maximum atomic E-state index is 12.9. The van der Waals surface area contributed by atoms with E-state index in [4.69, 9.17) is 10.5 Å². The van der Waals surface area contributed by atoms with E-state index < -0.39 is 0 Å². The second kappa shape index (κ2) is 5.78. The van der Waals surface area contributed by atoms with Crippen LogP contribution < -0.4 is 5.73 Å². The molecule has 0 amide bonds. The van der Waals surface area contributed by atoms with Crippen LogP contribution in [0.2, 0.25) is 0 Å². The molecule has 1 saturated heterocycles. The number of rotatable bonds is 3. The van der Waals surface area contributed by atoms with Gasteiger partial charge in [-0.3, -0.25) is 4.90 Å². The zero-order valence-electron chi connectivity index (χ0n) is 11.0. The summed E-state index contributed by atoms with van der Waals surface area (Å²) in [5.74, 6) is -0.237. The predicted octanol–water partition coefficient (Wildman–Crippen LogP) is 1.93. The van der Waals surface area contributed by atoms with Crippen LogP contribution in [-0.4, -0.2) is 36.7 Å². The molecular weight excluding hydrogens is 231 g/mol. The van der Waals surface area contributed by atoms with Gasteiger partial charge in [-0.05, 0) is 31.5 Å². The quantitative estimate of drug-likeness (QED) is 0.893. The normalized spacial score (nSPS) is 23.3. The zero-order valence-corrected chi connectivity index (χ0v) is 11.0. The maximum Gasteiger partial charge on any atom is 0.123 e. The third-order valence-electron chi connectivity index (χ3n) is 3.51. The Labute approximate surface area is 108 Å². The molecule has 2 rings (SSSR count). The van der Waals surface area contributed by atoms with E-state index in [2.05, 4.69) is 18.7 Å². The van der Waals surface area contributed by atoms with Gasteiger partial charge in [-0.15, -0.1) is 0 Å². The fourth-order valence-electron chi connectivity index (χ4n) is 2.28. The predicted molar refractivity (Wildman–Crippen MR) is 69.8 cm³/mol. The lowest BCUT2D eigenvalue weighted by Crippen LogP contribution is -2.49. The molecule has 1 aromatic carbocycles. The van der Waals surface area contributed by atoms with Crippen molar-refractivity contribution in [2.45, 2.75) is 32.0 Å². The highest BCUT2D eigenvalue weighted by molar-refractivity contribution is 5.21. The summed E-state index contributed by atoms with van der Waals surface area (Å²) in [7, 11) is 0. The average Bonchev–Trinajstić information content (AvgIpc) is 2.39. The van der Waals surface area contributed by atoms with Crippen LogP contribution in [0.1, 0.15) is 25.5 Å². The molecule has 0 radical (unpaired) electrons. The maximum absolute atomic E-state index is 12.9. The van der Waals surface area contributed by atoms with Crippen molar-refractivity contribution >= 4 is 0 Å². The number of nitrogens with zero attached hydrogens (tertiary/aromatic N) is 1. The van der Waals surface area contributed by atoms with Gasteiger partial charge < -0.3 is 10.5 Å². The van der Waals surface area contributed by atoms with Crippen molar-refractivity contribution in [2.24, 2.45) is 5.73 Å². The summed E-state index contributed by atoms with van der Waals surface area (Å²) in [6.07, 6.45) is -0.0217. The molecule has 2 N–H and O–H groups in total. The molecule has 4 heteroatoms. The number of ether oxygens (including phenoxy) is 1. The molecule has 1 fully saturated rings. The smallest absolute Gasteiger partial charge is 0.123 e. The van der Waals surface area contributed by atoms with E-state index in [0.29, 0.717) is 12.6 Å². The third kappa shape index (κ3) is 3.07. The largest absolute Gasteiger partial charge is 0.374 e.